The fourth-order valence-corrected chi connectivity index (χ4v) is 4.55. The van der Waals surface area contributed by atoms with Crippen molar-refractivity contribution in [3.05, 3.63) is 0 Å². The second kappa shape index (κ2) is 5.28. The van der Waals surface area contributed by atoms with Gasteiger partial charge in [0.25, 0.3) is 0 Å². The summed E-state index contributed by atoms with van der Waals surface area (Å²) in [4.78, 5) is 2.67. The number of nitrogens with one attached hydrogen (secondary N) is 1. The Hall–Kier alpha value is 0.270. The third-order valence-electron chi connectivity index (χ3n) is 3.77. The van der Waals surface area contributed by atoms with Crippen molar-refractivity contribution in [2.24, 2.45) is 0 Å². The van der Waals surface area contributed by atoms with Gasteiger partial charge in [-0.1, -0.05) is 20.3 Å². The zero-order chi connectivity index (χ0) is 11.6. The van der Waals surface area contributed by atoms with Gasteiger partial charge in [0.15, 0.2) is 0 Å². The Balaban J connectivity index is 1.87. The predicted octanol–water partition coefficient (Wildman–Crippen LogP) is 2.34. The minimum absolute atomic E-state index is 0.375. The van der Waals surface area contributed by atoms with Crippen LogP contribution >= 0.6 is 11.8 Å². The van der Waals surface area contributed by atoms with Crippen LogP contribution in [0.3, 0.4) is 0 Å². The Labute approximate surface area is 105 Å². The van der Waals surface area contributed by atoms with Gasteiger partial charge in [-0.2, -0.15) is 11.8 Å². The van der Waals surface area contributed by atoms with E-state index in [1.165, 1.54) is 45.4 Å². The summed E-state index contributed by atoms with van der Waals surface area (Å²) in [6.07, 6.45) is 4.11. The van der Waals surface area contributed by atoms with Crippen LogP contribution in [0.4, 0.5) is 0 Å². The van der Waals surface area contributed by atoms with E-state index in [1.807, 2.05) is 0 Å². The maximum atomic E-state index is 3.72. The molecule has 2 fully saturated rings. The first-order chi connectivity index (χ1) is 7.57. The maximum Gasteiger partial charge on any atom is 0.0280 e. The molecule has 94 valence electrons. The molecule has 0 aromatic carbocycles. The average molecular weight is 242 g/mol. The van der Waals surface area contributed by atoms with E-state index < -0.39 is 0 Å². The number of hydrogen-bond acceptors (Lipinski definition) is 3. The van der Waals surface area contributed by atoms with Gasteiger partial charge >= 0.3 is 0 Å². The molecule has 0 aromatic rings. The summed E-state index contributed by atoms with van der Waals surface area (Å²) in [5.74, 6) is 0. The van der Waals surface area contributed by atoms with E-state index in [9.17, 15) is 0 Å². The SMILES string of the molecule is CC1CN(CC2(C)CCCCN2)CC(C)S1. The van der Waals surface area contributed by atoms with E-state index in [2.05, 4.69) is 42.7 Å². The molecule has 2 nitrogen and oxygen atoms in total. The van der Waals surface area contributed by atoms with Crippen molar-refractivity contribution in [3.8, 4) is 0 Å². The number of thioether (sulfide) groups is 1. The van der Waals surface area contributed by atoms with Crippen LogP contribution in [0.1, 0.15) is 40.0 Å². The van der Waals surface area contributed by atoms with E-state index in [-0.39, 0.29) is 0 Å². The molecule has 2 saturated heterocycles. The highest BCUT2D eigenvalue weighted by atomic mass is 32.2. The molecular formula is C13H26N2S. The van der Waals surface area contributed by atoms with Crippen molar-refractivity contribution in [2.75, 3.05) is 26.2 Å². The second-order valence-electron chi connectivity index (χ2n) is 5.90. The number of hydrogen-bond donors (Lipinski definition) is 1. The monoisotopic (exact) mass is 242 g/mol. The summed E-state index contributed by atoms with van der Waals surface area (Å²) in [6, 6.07) is 0. The molecular weight excluding hydrogens is 216 g/mol. The third-order valence-corrected chi connectivity index (χ3v) is 5.00. The molecule has 0 spiro atoms. The number of nitrogens with zero attached hydrogens (tertiary/aromatic N) is 1. The highest BCUT2D eigenvalue weighted by Gasteiger charge is 2.31. The van der Waals surface area contributed by atoms with Crippen molar-refractivity contribution >= 4 is 11.8 Å². The highest BCUT2D eigenvalue weighted by Crippen LogP contribution is 2.27. The molecule has 0 amide bonds. The largest absolute Gasteiger partial charge is 0.310 e. The van der Waals surface area contributed by atoms with Gasteiger partial charge in [-0.05, 0) is 26.3 Å². The summed E-state index contributed by atoms with van der Waals surface area (Å²) in [5, 5.41) is 5.33. The van der Waals surface area contributed by atoms with Crippen LogP contribution in [0.15, 0.2) is 0 Å². The Morgan fingerprint density at radius 2 is 1.94 bits per heavy atom. The molecule has 0 bridgehead atoms. The van der Waals surface area contributed by atoms with Gasteiger partial charge in [0.05, 0.1) is 0 Å². The first kappa shape index (κ1) is 12.7. The maximum absolute atomic E-state index is 3.72. The first-order valence-corrected chi connectivity index (χ1v) is 7.64. The zero-order valence-electron chi connectivity index (χ0n) is 11.0. The van der Waals surface area contributed by atoms with E-state index >= 15 is 0 Å². The molecule has 3 unspecified atom stereocenters. The minimum Gasteiger partial charge on any atom is -0.310 e. The molecule has 3 atom stereocenters. The van der Waals surface area contributed by atoms with Gasteiger partial charge in [-0.25, -0.2) is 0 Å². The van der Waals surface area contributed by atoms with Crippen LogP contribution in [-0.4, -0.2) is 47.1 Å². The molecule has 0 saturated carbocycles. The molecule has 2 aliphatic rings. The Kier molecular flexibility index (Phi) is 4.20. The molecule has 0 aromatic heterocycles. The van der Waals surface area contributed by atoms with Gasteiger partial charge < -0.3 is 5.32 Å². The Bertz CT molecular complexity index is 216. The van der Waals surface area contributed by atoms with Crippen molar-refractivity contribution in [3.63, 3.8) is 0 Å². The molecule has 1 N–H and O–H groups in total. The van der Waals surface area contributed by atoms with Crippen molar-refractivity contribution in [1.82, 2.24) is 10.2 Å². The molecule has 2 rings (SSSR count). The molecule has 2 heterocycles. The van der Waals surface area contributed by atoms with Gasteiger partial charge in [0, 0.05) is 35.7 Å². The lowest BCUT2D eigenvalue weighted by Crippen LogP contribution is -2.56. The van der Waals surface area contributed by atoms with Crippen LogP contribution in [0.25, 0.3) is 0 Å². The highest BCUT2D eigenvalue weighted by molar-refractivity contribution is 8.00. The first-order valence-electron chi connectivity index (χ1n) is 6.70. The quantitative estimate of drug-likeness (QED) is 0.800. The lowest BCUT2D eigenvalue weighted by molar-refractivity contribution is 0.162. The second-order valence-corrected chi connectivity index (χ2v) is 7.78. The molecule has 3 heteroatoms. The Morgan fingerprint density at radius 3 is 2.50 bits per heavy atom. The smallest absolute Gasteiger partial charge is 0.0280 e. The molecule has 0 radical (unpaired) electrons. The van der Waals surface area contributed by atoms with Crippen LogP contribution in [0, 0.1) is 0 Å². The van der Waals surface area contributed by atoms with Gasteiger partial charge in [0.1, 0.15) is 0 Å². The minimum atomic E-state index is 0.375. The van der Waals surface area contributed by atoms with E-state index in [1.54, 1.807) is 0 Å². The number of piperidine rings is 1. The standard InChI is InChI=1S/C13H26N2S/c1-11-8-15(9-12(2)16-11)10-13(3)6-4-5-7-14-13/h11-12,14H,4-10H2,1-3H3. The summed E-state index contributed by atoms with van der Waals surface area (Å²) in [6.45, 7) is 12.1. The van der Waals surface area contributed by atoms with Gasteiger partial charge in [-0.15, -0.1) is 0 Å². The lowest BCUT2D eigenvalue weighted by Gasteiger charge is -2.43. The third kappa shape index (κ3) is 3.38. The summed E-state index contributed by atoms with van der Waals surface area (Å²) in [7, 11) is 0. The summed E-state index contributed by atoms with van der Waals surface area (Å²) >= 11 is 2.14. The number of rotatable bonds is 2. The predicted molar refractivity (Wildman–Crippen MR) is 73.2 cm³/mol. The van der Waals surface area contributed by atoms with Crippen LogP contribution in [0.2, 0.25) is 0 Å². The Morgan fingerprint density at radius 1 is 1.25 bits per heavy atom. The van der Waals surface area contributed by atoms with Crippen molar-refractivity contribution in [1.29, 1.82) is 0 Å². The van der Waals surface area contributed by atoms with Crippen molar-refractivity contribution in [2.45, 2.75) is 56.1 Å². The van der Waals surface area contributed by atoms with E-state index in [0.29, 0.717) is 5.54 Å². The average Bonchev–Trinajstić information content (AvgIpc) is 2.15. The van der Waals surface area contributed by atoms with Crippen molar-refractivity contribution < 1.29 is 0 Å². The lowest BCUT2D eigenvalue weighted by atomic mass is 9.90. The summed E-state index contributed by atoms with van der Waals surface area (Å²) in [5.41, 5.74) is 0.375. The van der Waals surface area contributed by atoms with Crippen LogP contribution in [0.5, 0.6) is 0 Å². The fraction of sp³-hybridized carbons (Fsp3) is 1.00. The summed E-state index contributed by atoms with van der Waals surface area (Å²) < 4.78 is 0. The van der Waals surface area contributed by atoms with E-state index in [0.717, 1.165) is 10.5 Å². The van der Waals surface area contributed by atoms with E-state index in [4.69, 9.17) is 0 Å². The fourth-order valence-electron chi connectivity index (χ4n) is 3.16. The van der Waals surface area contributed by atoms with Crippen LogP contribution in [-0.2, 0) is 0 Å². The normalized spacial score (nSPS) is 42.2. The molecule has 2 aliphatic heterocycles. The topological polar surface area (TPSA) is 15.3 Å². The van der Waals surface area contributed by atoms with Gasteiger partial charge in [-0.3, -0.25) is 4.90 Å². The van der Waals surface area contributed by atoms with Gasteiger partial charge in [0.2, 0.25) is 0 Å². The van der Waals surface area contributed by atoms with Crippen LogP contribution < -0.4 is 5.32 Å². The zero-order valence-corrected chi connectivity index (χ0v) is 11.8. The molecule has 16 heavy (non-hydrogen) atoms. The molecule has 0 aliphatic carbocycles.